The highest BCUT2D eigenvalue weighted by Crippen LogP contribution is 2.36. The molecule has 4 aromatic rings. The number of aromatic nitrogens is 1. The molecule has 35 heavy (non-hydrogen) atoms. The van der Waals surface area contributed by atoms with Gasteiger partial charge in [-0.25, -0.2) is 8.42 Å². The van der Waals surface area contributed by atoms with Crippen molar-refractivity contribution in [3.63, 3.8) is 0 Å². The fourth-order valence-corrected chi connectivity index (χ4v) is 6.68. The summed E-state index contributed by atoms with van der Waals surface area (Å²) in [7, 11) is -1.84. The molecular weight excluding hydrogens is 456 g/mol. The van der Waals surface area contributed by atoms with Crippen LogP contribution < -0.4 is 4.74 Å². The van der Waals surface area contributed by atoms with E-state index >= 15 is 0 Å². The maximum atomic E-state index is 13.3. The van der Waals surface area contributed by atoms with Crippen molar-refractivity contribution in [3.05, 3.63) is 101 Å². The normalized spacial score (nSPS) is 14.8. The minimum absolute atomic E-state index is 0.376. The number of benzene rings is 3. The Bertz CT molecular complexity index is 1530. The molecule has 0 saturated carbocycles. The molecule has 1 aromatic heterocycles. The van der Waals surface area contributed by atoms with Crippen LogP contribution in [0, 0.1) is 13.8 Å². The fraction of sp³-hybridized carbons (Fsp3) is 0.241. The van der Waals surface area contributed by atoms with Crippen LogP contribution in [0.2, 0.25) is 0 Å². The van der Waals surface area contributed by atoms with Crippen LogP contribution >= 0.6 is 0 Å². The van der Waals surface area contributed by atoms with Gasteiger partial charge in [-0.15, -0.1) is 0 Å². The molecule has 2 heterocycles. The molecule has 6 heteroatoms. The zero-order valence-electron chi connectivity index (χ0n) is 20.4. The number of para-hydroxylation sites is 1. The number of hydrogen-bond acceptors (Lipinski definition) is 3. The molecule has 0 atom stereocenters. The second-order valence-corrected chi connectivity index (χ2v) is 10.9. The Morgan fingerprint density at radius 1 is 0.943 bits per heavy atom. The van der Waals surface area contributed by atoms with E-state index < -0.39 is 10.0 Å². The van der Waals surface area contributed by atoms with Crippen molar-refractivity contribution in [2.45, 2.75) is 31.7 Å². The SMILES string of the molecule is COc1cccc(Cn2c(C)c(C3=CCN(S(=O)(=O)c4ccccc4C)CC3)c3ccccc32)c1. The molecule has 0 saturated heterocycles. The van der Waals surface area contributed by atoms with Crippen molar-refractivity contribution < 1.29 is 13.2 Å². The van der Waals surface area contributed by atoms with E-state index in [1.54, 1.807) is 23.5 Å². The molecule has 0 spiro atoms. The highest BCUT2D eigenvalue weighted by Gasteiger charge is 2.29. The van der Waals surface area contributed by atoms with Gasteiger partial charge in [0.25, 0.3) is 0 Å². The monoisotopic (exact) mass is 486 g/mol. The smallest absolute Gasteiger partial charge is 0.243 e. The van der Waals surface area contributed by atoms with E-state index in [4.69, 9.17) is 4.74 Å². The number of rotatable bonds is 6. The maximum Gasteiger partial charge on any atom is 0.243 e. The van der Waals surface area contributed by atoms with Crippen molar-refractivity contribution in [2.24, 2.45) is 0 Å². The van der Waals surface area contributed by atoms with E-state index in [0.717, 1.165) is 17.9 Å². The van der Waals surface area contributed by atoms with E-state index in [-0.39, 0.29) is 0 Å². The second kappa shape index (κ2) is 9.36. The van der Waals surface area contributed by atoms with Gasteiger partial charge in [-0.3, -0.25) is 0 Å². The average Bonchev–Trinajstić information content (AvgIpc) is 3.15. The predicted molar refractivity (Wildman–Crippen MR) is 141 cm³/mol. The topological polar surface area (TPSA) is 51.5 Å². The van der Waals surface area contributed by atoms with Crippen molar-refractivity contribution in [1.29, 1.82) is 0 Å². The number of ether oxygens (including phenoxy) is 1. The van der Waals surface area contributed by atoms with E-state index in [0.29, 0.717) is 24.4 Å². The zero-order chi connectivity index (χ0) is 24.6. The van der Waals surface area contributed by atoms with Gasteiger partial charge in [0.15, 0.2) is 0 Å². The van der Waals surface area contributed by atoms with Crippen LogP contribution in [0.15, 0.2) is 83.8 Å². The van der Waals surface area contributed by atoms with Crippen molar-refractivity contribution in [2.75, 3.05) is 20.2 Å². The molecule has 0 aliphatic carbocycles. The number of fused-ring (bicyclic) bond motifs is 1. The van der Waals surface area contributed by atoms with Crippen molar-refractivity contribution in [1.82, 2.24) is 8.87 Å². The molecule has 0 fully saturated rings. The summed E-state index contributed by atoms with van der Waals surface area (Å²) in [6.07, 6.45) is 2.77. The predicted octanol–water partition coefficient (Wildman–Crippen LogP) is 5.79. The third-order valence-electron chi connectivity index (χ3n) is 6.91. The highest BCUT2D eigenvalue weighted by atomic mass is 32.2. The zero-order valence-corrected chi connectivity index (χ0v) is 21.2. The first kappa shape index (κ1) is 23.4. The molecule has 1 aliphatic rings. The van der Waals surface area contributed by atoms with Crippen LogP contribution in [0.5, 0.6) is 5.75 Å². The first-order valence-electron chi connectivity index (χ1n) is 11.9. The lowest BCUT2D eigenvalue weighted by atomic mass is 9.97. The van der Waals surface area contributed by atoms with Gasteiger partial charge >= 0.3 is 0 Å². The quantitative estimate of drug-likeness (QED) is 0.346. The van der Waals surface area contributed by atoms with Gasteiger partial charge in [0.1, 0.15) is 5.75 Å². The van der Waals surface area contributed by atoms with Crippen LogP contribution in [0.3, 0.4) is 0 Å². The van der Waals surface area contributed by atoms with E-state index in [1.807, 2.05) is 31.2 Å². The van der Waals surface area contributed by atoms with E-state index in [2.05, 4.69) is 54.0 Å². The number of aryl methyl sites for hydroxylation is 1. The van der Waals surface area contributed by atoms with Gasteiger partial charge in [-0.2, -0.15) is 4.31 Å². The minimum atomic E-state index is -3.52. The summed E-state index contributed by atoms with van der Waals surface area (Å²) in [5, 5.41) is 1.20. The second-order valence-electron chi connectivity index (χ2n) is 9.02. The highest BCUT2D eigenvalue weighted by molar-refractivity contribution is 7.89. The summed E-state index contributed by atoms with van der Waals surface area (Å²) in [6.45, 7) is 5.59. The van der Waals surface area contributed by atoms with Crippen LogP contribution in [0.4, 0.5) is 0 Å². The summed E-state index contributed by atoms with van der Waals surface area (Å²) in [4.78, 5) is 0.392. The largest absolute Gasteiger partial charge is 0.497 e. The molecule has 0 amide bonds. The van der Waals surface area contributed by atoms with E-state index in [1.165, 1.54) is 33.3 Å². The third kappa shape index (κ3) is 4.28. The third-order valence-corrected chi connectivity index (χ3v) is 8.94. The molecule has 0 N–H and O–H groups in total. The minimum Gasteiger partial charge on any atom is -0.497 e. The summed E-state index contributed by atoms with van der Waals surface area (Å²) >= 11 is 0. The van der Waals surface area contributed by atoms with Gasteiger partial charge in [-0.1, -0.05) is 54.6 Å². The van der Waals surface area contributed by atoms with Crippen LogP contribution in [0.25, 0.3) is 16.5 Å². The Hall–Kier alpha value is -3.35. The molecule has 0 bridgehead atoms. The maximum absolute atomic E-state index is 13.3. The van der Waals surface area contributed by atoms with Gasteiger partial charge in [-0.05, 0) is 61.2 Å². The average molecular weight is 487 g/mol. The Labute approximate surface area is 207 Å². The first-order chi connectivity index (χ1) is 16.9. The number of nitrogens with zero attached hydrogens (tertiary/aromatic N) is 2. The lowest BCUT2D eigenvalue weighted by Gasteiger charge is -2.27. The molecule has 5 nitrogen and oxygen atoms in total. The number of methoxy groups -OCH3 is 1. The summed E-state index contributed by atoms with van der Waals surface area (Å²) in [5.41, 5.74) is 6.75. The van der Waals surface area contributed by atoms with E-state index in [9.17, 15) is 8.42 Å². The van der Waals surface area contributed by atoms with Crippen LogP contribution in [-0.4, -0.2) is 37.5 Å². The van der Waals surface area contributed by atoms with Gasteiger partial charge in [0.05, 0.1) is 12.0 Å². The van der Waals surface area contributed by atoms with Gasteiger partial charge < -0.3 is 9.30 Å². The summed E-state index contributed by atoms with van der Waals surface area (Å²) < 4.78 is 35.9. The van der Waals surface area contributed by atoms with Crippen molar-refractivity contribution >= 4 is 26.5 Å². The number of hydrogen-bond donors (Lipinski definition) is 0. The molecular formula is C29H30N2O3S. The van der Waals surface area contributed by atoms with Crippen LogP contribution in [-0.2, 0) is 16.6 Å². The molecule has 0 unspecified atom stereocenters. The summed E-state index contributed by atoms with van der Waals surface area (Å²) in [6, 6.07) is 23.8. The molecule has 1 aliphatic heterocycles. The lowest BCUT2D eigenvalue weighted by Crippen LogP contribution is -2.35. The van der Waals surface area contributed by atoms with Gasteiger partial charge in [0, 0.05) is 41.8 Å². The summed E-state index contributed by atoms with van der Waals surface area (Å²) in [5.74, 6) is 0.849. The first-order valence-corrected chi connectivity index (χ1v) is 13.3. The lowest BCUT2D eigenvalue weighted by molar-refractivity contribution is 0.414. The molecule has 3 aromatic carbocycles. The van der Waals surface area contributed by atoms with Gasteiger partial charge in [0.2, 0.25) is 10.0 Å². The Balaban J connectivity index is 1.50. The molecule has 5 rings (SSSR count). The molecule has 0 radical (unpaired) electrons. The van der Waals surface area contributed by atoms with Crippen LogP contribution in [0.1, 0.15) is 28.8 Å². The Morgan fingerprint density at radius 3 is 2.46 bits per heavy atom. The Kier molecular flexibility index (Phi) is 6.26. The molecule has 180 valence electrons. The van der Waals surface area contributed by atoms with Crippen molar-refractivity contribution in [3.8, 4) is 5.75 Å². The Morgan fingerprint density at radius 2 is 1.71 bits per heavy atom. The number of sulfonamides is 1. The fourth-order valence-electron chi connectivity index (χ4n) is 5.07. The standard InChI is InChI=1S/C29H30N2O3S/c1-21-9-4-7-14-28(21)35(32,33)30-17-15-24(16-18-30)29-22(2)31(27-13-6-5-12-26(27)29)20-23-10-8-11-25(19-23)34-3/h4-15,19H,16-18,20H2,1-3H3.